The summed E-state index contributed by atoms with van der Waals surface area (Å²) < 4.78 is 4.85. The van der Waals surface area contributed by atoms with Crippen LogP contribution in [-0.2, 0) is 9.53 Å². The van der Waals surface area contributed by atoms with Crippen molar-refractivity contribution in [2.24, 2.45) is 5.92 Å². The normalized spacial score (nSPS) is 33.0. The molecule has 3 nitrogen and oxygen atoms in total. The van der Waals surface area contributed by atoms with Gasteiger partial charge in [-0.1, -0.05) is 13.8 Å². The summed E-state index contributed by atoms with van der Waals surface area (Å²) in [6.07, 6.45) is -0.719. The van der Waals surface area contributed by atoms with E-state index in [1.54, 1.807) is 0 Å². The lowest BCUT2D eigenvalue weighted by Gasteiger charge is -2.15. The average Bonchev–Trinajstić information content (AvgIpc) is 2.10. The van der Waals surface area contributed by atoms with Crippen molar-refractivity contribution in [1.29, 1.82) is 0 Å². The van der Waals surface area contributed by atoms with Crippen LogP contribution in [0.3, 0.4) is 0 Å². The molecule has 0 bridgehead atoms. The molecule has 0 saturated carbocycles. The molecule has 2 unspecified atom stereocenters. The van der Waals surface area contributed by atoms with Gasteiger partial charge in [-0.25, -0.2) is 0 Å². The Morgan fingerprint density at radius 1 is 1.70 bits per heavy atom. The van der Waals surface area contributed by atoms with E-state index in [-0.39, 0.29) is 24.4 Å². The zero-order valence-electron chi connectivity index (χ0n) is 6.20. The van der Waals surface area contributed by atoms with Crippen LogP contribution in [0.15, 0.2) is 0 Å². The molecular formula is C7H12O3. The Kier molecular flexibility index (Phi) is 1.94. The van der Waals surface area contributed by atoms with Gasteiger partial charge in [0.15, 0.2) is 0 Å². The molecule has 0 radical (unpaired) electrons. The molecule has 0 aromatic rings. The lowest BCUT2D eigenvalue weighted by Crippen LogP contribution is -2.26. The van der Waals surface area contributed by atoms with Crippen molar-refractivity contribution >= 4 is 5.97 Å². The van der Waals surface area contributed by atoms with Crippen LogP contribution in [0, 0.1) is 5.92 Å². The number of hydrogen-bond donors (Lipinski definition) is 1. The average molecular weight is 144 g/mol. The molecule has 0 aromatic carbocycles. The number of hydrogen-bond acceptors (Lipinski definition) is 3. The van der Waals surface area contributed by atoms with E-state index in [4.69, 9.17) is 4.74 Å². The van der Waals surface area contributed by atoms with Crippen molar-refractivity contribution < 1.29 is 14.6 Å². The second-order valence-electron chi connectivity index (χ2n) is 2.97. The molecule has 58 valence electrons. The molecule has 1 fully saturated rings. The number of carbonyl (C=O) groups excluding carboxylic acids is 1. The Balaban J connectivity index is 2.54. The molecule has 0 spiro atoms. The van der Waals surface area contributed by atoms with Crippen molar-refractivity contribution in [2.45, 2.75) is 32.5 Å². The van der Waals surface area contributed by atoms with E-state index in [0.29, 0.717) is 0 Å². The highest BCUT2D eigenvalue weighted by Gasteiger charge is 2.34. The fraction of sp³-hybridized carbons (Fsp3) is 0.857. The van der Waals surface area contributed by atoms with Crippen LogP contribution in [0.4, 0.5) is 0 Å². The van der Waals surface area contributed by atoms with Crippen molar-refractivity contribution in [3.8, 4) is 0 Å². The zero-order chi connectivity index (χ0) is 7.72. The molecule has 1 heterocycles. The number of rotatable bonds is 1. The molecule has 0 aromatic heterocycles. The van der Waals surface area contributed by atoms with Gasteiger partial charge in [-0.3, -0.25) is 4.79 Å². The fourth-order valence-electron chi connectivity index (χ4n) is 1.15. The van der Waals surface area contributed by atoms with Gasteiger partial charge in [0.1, 0.15) is 12.2 Å². The summed E-state index contributed by atoms with van der Waals surface area (Å²) in [6.45, 7) is 3.85. The first kappa shape index (κ1) is 7.54. The summed E-state index contributed by atoms with van der Waals surface area (Å²) in [5.74, 6) is -0.0762. The molecule has 2 atom stereocenters. The first-order chi connectivity index (χ1) is 4.61. The number of aliphatic hydroxyl groups excluding tert-OH is 1. The predicted molar refractivity (Wildman–Crippen MR) is 35.3 cm³/mol. The molecule has 1 rings (SSSR count). The third-order valence-corrected chi connectivity index (χ3v) is 1.68. The van der Waals surface area contributed by atoms with Crippen LogP contribution in [-0.4, -0.2) is 23.3 Å². The Labute approximate surface area is 60.0 Å². The molecule has 0 amide bonds. The molecular weight excluding hydrogens is 132 g/mol. The summed E-state index contributed by atoms with van der Waals surface area (Å²) in [4.78, 5) is 10.6. The second kappa shape index (κ2) is 2.58. The van der Waals surface area contributed by atoms with Crippen LogP contribution < -0.4 is 0 Å². The lowest BCUT2D eigenvalue weighted by molar-refractivity contribution is -0.143. The minimum atomic E-state index is -0.590. The van der Waals surface area contributed by atoms with Crippen molar-refractivity contribution in [1.82, 2.24) is 0 Å². The lowest BCUT2D eigenvalue weighted by atomic mass is 10.0. The van der Waals surface area contributed by atoms with Crippen LogP contribution in [0.1, 0.15) is 20.3 Å². The molecule has 3 heteroatoms. The summed E-state index contributed by atoms with van der Waals surface area (Å²) in [5, 5.41) is 9.18. The Hall–Kier alpha value is -0.570. The largest absolute Gasteiger partial charge is 0.459 e. The van der Waals surface area contributed by atoms with Gasteiger partial charge in [0.05, 0.1) is 6.42 Å². The maximum atomic E-state index is 10.6. The molecule has 1 aliphatic heterocycles. The highest BCUT2D eigenvalue weighted by atomic mass is 16.6. The minimum absolute atomic E-state index is 0.156. The zero-order valence-corrected chi connectivity index (χ0v) is 6.20. The SMILES string of the molecule is CC(C)C1OC(=O)CC1O. The molecule has 10 heavy (non-hydrogen) atoms. The monoisotopic (exact) mass is 144 g/mol. The molecule has 1 saturated heterocycles. The van der Waals surface area contributed by atoms with E-state index in [1.807, 2.05) is 13.8 Å². The number of cyclic esters (lactones) is 1. The van der Waals surface area contributed by atoms with E-state index < -0.39 is 6.10 Å². The van der Waals surface area contributed by atoms with E-state index >= 15 is 0 Å². The van der Waals surface area contributed by atoms with E-state index in [1.165, 1.54) is 0 Å². The van der Waals surface area contributed by atoms with Gasteiger partial charge in [-0.2, -0.15) is 0 Å². The smallest absolute Gasteiger partial charge is 0.308 e. The van der Waals surface area contributed by atoms with Crippen LogP contribution in [0.5, 0.6) is 0 Å². The Morgan fingerprint density at radius 3 is 2.50 bits per heavy atom. The van der Waals surface area contributed by atoms with Gasteiger partial charge in [0.2, 0.25) is 0 Å². The van der Waals surface area contributed by atoms with Crippen LogP contribution >= 0.6 is 0 Å². The standard InChI is InChI=1S/C7H12O3/c1-4(2)7-5(8)3-6(9)10-7/h4-5,7-8H,3H2,1-2H3. The molecule has 0 aliphatic carbocycles. The third-order valence-electron chi connectivity index (χ3n) is 1.68. The van der Waals surface area contributed by atoms with Crippen LogP contribution in [0.25, 0.3) is 0 Å². The third kappa shape index (κ3) is 1.29. The highest BCUT2D eigenvalue weighted by Crippen LogP contribution is 2.21. The van der Waals surface area contributed by atoms with Crippen LogP contribution in [0.2, 0.25) is 0 Å². The molecule has 1 N–H and O–H groups in total. The van der Waals surface area contributed by atoms with Crippen molar-refractivity contribution in [2.75, 3.05) is 0 Å². The van der Waals surface area contributed by atoms with E-state index in [0.717, 1.165) is 0 Å². The van der Waals surface area contributed by atoms with E-state index in [2.05, 4.69) is 0 Å². The number of esters is 1. The van der Waals surface area contributed by atoms with Gasteiger partial charge in [-0.05, 0) is 5.92 Å². The van der Waals surface area contributed by atoms with Crippen molar-refractivity contribution in [3.05, 3.63) is 0 Å². The Bertz CT molecular complexity index is 142. The summed E-state index contributed by atoms with van der Waals surface area (Å²) in [6, 6.07) is 0. The quantitative estimate of drug-likeness (QED) is 0.539. The maximum absolute atomic E-state index is 10.6. The first-order valence-corrected chi connectivity index (χ1v) is 3.49. The van der Waals surface area contributed by atoms with Gasteiger partial charge >= 0.3 is 5.97 Å². The molecule has 1 aliphatic rings. The maximum Gasteiger partial charge on any atom is 0.308 e. The first-order valence-electron chi connectivity index (χ1n) is 3.49. The Morgan fingerprint density at radius 2 is 2.30 bits per heavy atom. The fourth-order valence-corrected chi connectivity index (χ4v) is 1.15. The van der Waals surface area contributed by atoms with Gasteiger partial charge in [0.25, 0.3) is 0 Å². The number of carbonyl (C=O) groups is 1. The number of aliphatic hydroxyl groups is 1. The summed E-state index contributed by atoms with van der Waals surface area (Å²) in [7, 11) is 0. The predicted octanol–water partition coefficient (Wildman–Crippen LogP) is 0.319. The number of ether oxygens (including phenoxy) is 1. The topological polar surface area (TPSA) is 46.5 Å². The highest BCUT2D eigenvalue weighted by molar-refractivity contribution is 5.72. The van der Waals surface area contributed by atoms with Gasteiger partial charge < -0.3 is 9.84 Å². The minimum Gasteiger partial charge on any atom is -0.459 e. The second-order valence-corrected chi connectivity index (χ2v) is 2.97. The summed E-state index contributed by atoms with van der Waals surface area (Å²) in [5.41, 5.74) is 0. The van der Waals surface area contributed by atoms with Gasteiger partial charge in [0, 0.05) is 0 Å². The van der Waals surface area contributed by atoms with E-state index in [9.17, 15) is 9.90 Å². The summed E-state index contributed by atoms with van der Waals surface area (Å²) >= 11 is 0. The van der Waals surface area contributed by atoms with Gasteiger partial charge in [-0.15, -0.1) is 0 Å². The van der Waals surface area contributed by atoms with Crippen molar-refractivity contribution in [3.63, 3.8) is 0 Å².